The molecule has 0 bridgehead atoms. The van der Waals surface area contributed by atoms with Gasteiger partial charge in [-0.25, -0.2) is 17.7 Å². The number of piperidine rings is 1. The Morgan fingerprint density at radius 2 is 2.12 bits per heavy atom. The molecule has 0 aromatic carbocycles. The number of nitrogens with zero attached hydrogens (tertiary/aromatic N) is 3. The van der Waals surface area contributed by atoms with Crippen molar-refractivity contribution in [3.05, 3.63) is 12.3 Å². The highest BCUT2D eigenvalue weighted by Gasteiger charge is 2.30. The summed E-state index contributed by atoms with van der Waals surface area (Å²) in [6, 6.07) is 1.60. The second-order valence-electron chi connectivity index (χ2n) is 5.88. The first-order valence-electron chi connectivity index (χ1n) is 8.37. The summed E-state index contributed by atoms with van der Waals surface area (Å²) in [6.45, 7) is 2.71. The van der Waals surface area contributed by atoms with Crippen molar-refractivity contribution in [1.29, 1.82) is 0 Å². The zero-order valence-corrected chi connectivity index (χ0v) is 15.4. The Labute approximate surface area is 148 Å². The van der Waals surface area contributed by atoms with Crippen molar-refractivity contribution in [2.75, 3.05) is 31.4 Å². The topological polar surface area (TPSA) is 114 Å². The molecule has 0 atom stereocenters. The van der Waals surface area contributed by atoms with Crippen molar-refractivity contribution in [3.63, 3.8) is 0 Å². The van der Waals surface area contributed by atoms with Gasteiger partial charge in [0.15, 0.2) is 0 Å². The van der Waals surface area contributed by atoms with Crippen LogP contribution in [0.4, 0.5) is 5.95 Å². The van der Waals surface area contributed by atoms with Crippen LogP contribution in [0.25, 0.3) is 0 Å². The minimum absolute atomic E-state index is 0.176. The van der Waals surface area contributed by atoms with E-state index >= 15 is 0 Å². The highest BCUT2D eigenvalue weighted by molar-refractivity contribution is 7.89. The first kappa shape index (κ1) is 19.4. The van der Waals surface area contributed by atoms with Crippen LogP contribution in [0, 0.1) is 5.92 Å². The van der Waals surface area contributed by atoms with Gasteiger partial charge >= 0.3 is 0 Å². The lowest BCUT2D eigenvalue weighted by Gasteiger charge is -2.30. The van der Waals surface area contributed by atoms with Gasteiger partial charge in [0.25, 0.3) is 0 Å². The average molecular weight is 371 g/mol. The molecule has 2 rings (SSSR count). The summed E-state index contributed by atoms with van der Waals surface area (Å²) in [5.41, 5.74) is 5.22. The predicted octanol–water partition coefficient (Wildman–Crippen LogP) is 0.770. The fraction of sp³-hybridized carbons (Fsp3) is 0.667. The number of ether oxygens (including phenoxy) is 1. The third kappa shape index (κ3) is 5.53. The molecule has 140 valence electrons. The molecule has 2 heterocycles. The fourth-order valence-corrected chi connectivity index (χ4v) is 4.27. The molecule has 1 aromatic rings. The maximum absolute atomic E-state index is 12.2. The molecule has 0 saturated carbocycles. The quantitative estimate of drug-likeness (QED) is 0.649. The van der Waals surface area contributed by atoms with Crippen LogP contribution in [0.3, 0.4) is 0 Å². The minimum atomic E-state index is -3.21. The van der Waals surface area contributed by atoms with Gasteiger partial charge in [0.1, 0.15) is 0 Å². The summed E-state index contributed by atoms with van der Waals surface area (Å²) in [4.78, 5) is 20.2. The summed E-state index contributed by atoms with van der Waals surface area (Å²) in [5.74, 6) is 0.354. The van der Waals surface area contributed by atoms with Gasteiger partial charge in [-0.3, -0.25) is 15.6 Å². The second kappa shape index (κ2) is 8.95. The lowest BCUT2D eigenvalue weighted by molar-refractivity contribution is -0.125. The van der Waals surface area contributed by atoms with Crippen LogP contribution >= 0.6 is 0 Å². The number of hydrogen-bond donors (Lipinski definition) is 2. The van der Waals surface area contributed by atoms with E-state index in [0.29, 0.717) is 38.2 Å². The van der Waals surface area contributed by atoms with Crippen molar-refractivity contribution in [1.82, 2.24) is 19.7 Å². The van der Waals surface area contributed by atoms with E-state index in [1.54, 1.807) is 6.07 Å². The molecule has 0 aliphatic carbocycles. The Balaban J connectivity index is 1.81. The van der Waals surface area contributed by atoms with E-state index in [-0.39, 0.29) is 23.5 Å². The highest BCUT2D eigenvalue weighted by Crippen LogP contribution is 2.20. The number of hydrazine groups is 1. The predicted molar refractivity (Wildman–Crippen MR) is 93.3 cm³/mol. The second-order valence-corrected chi connectivity index (χ2v) is 7.97. The standard InChI is InChI=1S/C15H25N5O4S/c1-3-4-11-25(22,23)20-9-6-12(7-10-20)14(21)18-19-15-16-8-5-13(17-15)24-2/h5,8,12H,3-4,6-7,9-11H2,1-2H3,(H,18,21)(H,16,17,19). The number of unbranched alkanes of at least 4 members (excludes halogenated alkanes) is 1. The normalized spacial score (nSPS) is 16.4. The Morgan fingerprint density at radius 3 is 2.76 bits per heavy atom. The monoisotopic (exact) mass is 371 g/mol. The lowest BCUT2D eigenvalue weighted by atomic mass is 9.98. The maximum atomic E-state index is 12.2. The number of hydrogen-bond acceptors (Lipinski definition) is 7. The number of anilines is 1. The third-order valence-electron chi connectivity index (χ3n) is 4.11. The van der Waals surface area contributed by atoms with Crippen molar-refractivity contribution >= 4 is 21.9 Å². The Morgan fingerprint density at radius 1 is 1.40 bits per heavy atom. The molecule has 0 spiro atoms. The van der Waals surface area contributed by atoms with Crippen molar-refractivity contribution in [2.24, 2.45) is 5.92 Å². The van der Waals surface area contributed by atoms with E-state index in [0.717, 1.165) is 6.42 Å². The minimum Gasteiger partial charge on any atom is -0.481 e. The van der Waals surface area contributed by atoms with E-state index in [1.807, 2.05) is 6.92 Å². The summed E-state index contributed by atoms with van der Waals surface area (Å²) < 4.78 is 30.8. The van der Waals surface area contributed by atoms with Crippen LogP contribution in [0.5, 0.6) is 5.88 Å². The smallest absolute Gasteiger partial charge is 0.245 e. The molecule has 1 aromatic heterocycles. The molecule has 9 nitrogen and oxygen atoms in total. The number of sulfonamides is 1. The van der Waals surface area contributed by atoms with Crippen molar-refractivity contribution < 1.29 is 17.9 Å². The molecule has 1 aliphatic heterocycles. The van der Waals surface area contributed by atoms with E-state index in [9.17, 15) is 13.2 Å². The van der Waals surface area contributed by atoms with Gasteiger partial charge in [0, 0.05) is 31.3 Å². The molecule has 0 radical (unpaired) electrons. The number of amides is 1. The molecule has 25 heavy (non-hydrogen) atoms. The zero-order valence-electron chi connectivity index (χ0n) is 14.6. The van der Waals surface area contributed by atoms with E-state index in [1.165, 1.54) is 17.6 Å². The first-order valence-corrected chi connectivity index (χ1v) is 9.98. The van der Waals surface area contributed by atoms with Gasteiger partial charge in [-0.1, -0.05) is 13.3 Å². The number of carbonyl (C=O) groups is 1. The molecule has 1 fully saturated rings. The van der Waals surface area contributed by atoms with Crippen LogP contribution < -0.4 is 15.6 Å². The highest BCUT2D eigenvalue weighted by atomic mass is 32.2. The van der Waals surface area contributed by atoms with E-state index in [4.69, 9.17) is 4.74 Å². The fourth-order valence-electron chi connectivity index (χ4n) is 2.59. The van der Waals surface area contributed by atoms with E-state index < -0.39 is 10.0 Å². The van der Waals surface area contributed by atoms with Crippen LogP contribution in [-0.2, 0) is 14.8 Å². The van der Waals surface area contributed by atoms with Gasteiger partial charge < -0.3 is 4.74 Å². The van der Waals surface area contributed by atoms with Gasteiger partial charge in [-0.05, 0) is 19.3 Å². The number of rotatable bonds is 8. The van der Waals surface area contributed by atoms with Gasteiger partial charge in [0.05, 0.1) is 12.9 Å². The first-order chi connectivity index (χ1) is 12.0. The SMILES string of the molecule is CCCCS(=O)(=O)N1CCC(C(=O)NNc2nccc(OC)n2)CC1. The Hall–Kier alpha value is -1.94. The molecular formula is C15H25N5O4S. The zero-order chi connectivity index (χ0) is 18.3. The summed E-state index contributed by atoms with van der Waals surface area (Å²) in [5, 5.41) is 0. The Bertz CT molecular complexity index is 674. The number of carbonyl (C=O) groups excluding carboxylic acids is 1. The van der Waals surface area contributed by atoms with Gasteiger partial charge in [-0.15, -0.1) is 0 Å². The third-order valence-corrected chi connectivity index (χ3v) is 6.07. The summed E-state index contributed by atoms with van der Waals surface area (Å²) in [6.07, 6.45) is 4.01. The molecule has 1 aliphatic rings. The summed E-state index contributed by atoms with van der Waals surface area (Å²) in [7, 11) is -1.71. The van der Waals surface area contributed by atoms with E-state index in [2.05, 4.69) is 20.8 Å². The van der Waals surface area contributed by atoms with Crippen LogP contribution in [0.2, 0.25) is 0 Å². The van der Waals surface area contributed by atoms with Crippen molar-refractivity contribution in [2.45, 2.75) is 32.6 Å². The van der Waals surface area contributed by atoms with Crippen molar-refractivity contribution in [3.8, 4) is 5.88 Å². The number of aromatic nitrogens is 2. The van der Waals surface area contributed by atoms with Crippen LogP contribution in [0.15, 0.2) is 12.3 Å². The molecule has 10 heteroatoms. The van der Waals surface area contributed by atoms with Gasteiger partial charge in [0.2, 0.25) is 27.8 Å². The average Bonchev–Trinajstić information content (AvgIpc) is 2.64. The number of methoxy groups -OCH3 is 1. The number of nitrogens with one attached hydrogen (secondary N) is 2. The molecule has 1 saturated heterocycles. The van der Waals surface area contributed by atoms with Crippen LogP contribution in [-0.4, -0.2) is 54.6 Å². The molecule has 0 unspecified atom stereocenters. The molecule has 1 amide bonds. The lowest BCUT2D eigenvalue weighted by Crippen LogP contribution is -2.44. The molecular weight excluding hydrogens is 346 g/mol. The summed E-state index contributed by atoms with van der Waals surface area (Å²) >= 11 is 0. The Kier molecular flexibility index (Phi) is 6.94. The maximum Gasteiger partial charge on any atom is 0.245 e. The van der Waals surface area contributed by atoms with Gasteiger partial charge in [-0.2, -0.15) is 4.98 Å². The van der Waals surface area contributed by atoms with Crippen LogP contribution in [0.1, 0.15) is 32.6 Å². The molecule has 2 N–H and O–H groups in total. The largest absolute Gasteiger partial charge is 0.481 e.